The Hall–Kier alpha value is -0.880. The number of anilines is 1. The second-order valence-corrected chi connectivity index (χ2v) is 4.57. The van der Waals surface area contributed by atoms with Gasteiger partial charge in [-0.05, 0) is 46.6 Å². The summed E-state index contributed by atoms with van der Waals surface area (Å²) in [5, 5.41) is 3.01. The van der Waals surface area contributed by atoms with Gasteiger partial charge in [0.2, 0.25) is 0 Å². The molecule has 1 rings (SSSR count). The molecule has 2 nitrogen and oxygen atoms in total. The molecule has 1 aromatic carbocycles. The fraction of sp³-hybridized carbons (Fsp3) is 0.273. The van der Waals surface area contributed by atoms with Crippen LogP contribution in [-0.2, 0) is 0 Å². The summed E-state index contributed by atoms with van der Waals surface area (Å²) in [5.74, 6) is -0.280. The lowest BCUT2D eigenvalue weighted by molar-refractivity contribution is -0.274. The van der Waals surface area contributed by atoms with Crippen molar-refractivity contribution in [2.45, 2.75) is 13.3 Å². The SMILES string of the molecule is C/C(=C/Cl)CNc1ccc(OC(F)(F)F)c(Br)c1. The molecule has 18 heavy (non-hydrogen) atoms. The lowest BCUT2D eigenvalue weighted by Crippen LogP contribution is -2.17. The second-order valence-electron chi connectivity index (χ2n) is 3.50. The summed E-state index contributed by atoms with van der Waals surface area (Å²) >= 11 is 8.51. The van der Waals surface area contributed by atoms with E-state index in [9.17, 15) is 13.2 Å². The van der Waals surface area contributed by atoms with Gasteiger partial charge in [-0.2, -0.15) is 0 Å². The van der Waals surface area contributed by atoms with E-state index in [0.29, 0.717) is 12.2 Å². The Balaban J connectivity index is 2.73. The molecule has 0 aliphatic heterocycles. The lowest BCUT2D eigenvalue weighted by Gasteiger charge is -2.12. The first-order chi connectivity index (χ1) is 8.31. The topological polar surface area (TPSA) is 21.3 Å². The predicted molar refractivity (Wildman–Crippen MR) is 68.9 cm³/mol. The zero-order chi connectivity index (χ0) is 13.8. The summed E-state index contributed by atoms with van der Waals surface area (Å²) < 4.78 is 40.2. The molecular weight excluding hydrogens is 334 g/mol. The molecule has 0 amide bonds. The average Bonchev–Trinajstić information content (AvgIpc) is 2.27. The van der Waals surface area contributed by atoms with Crippen molar-refractivity contribution in [1.29, 1.82) is 0 Å². The minimum absolute atomic E-state index is 0.220. The number of nitrogens with one attached hydrogen (secondary N) is 1. The molecule has 0 aliphatic rings. The first-order valence-electron chi connectivity index (χ1n) is 4.87. The largest absolute Gasteiger partial charge is 0.573 e. The molecule has 7 heteroatoms. The van der Waals surface area contributed by atoms with Crippen LogP contribution in [-0.4, -0.2) is 12.9 Å². The molecule has 0 spiro atoms. The molecule has 0 fully saturated rings. The Morgan fingerprint density at radius 3 is 2.67 bits per heavy atom. The van der Waals surface area contributed by atoms with Gasteiger partial charge in [0, 0.05) is 17.8 Å². The molecule has 0 atom stereocenters. The normalized spacial score (nSPS) is 12.4. The van der Waals surface area contributed by atoms with E-state index in [1.54, 1.807) is 0 Å². The molecule has 0 aliphatic carbocycles. The molecule has 0 saturated heterocycles. The van der Waals surface area contributed by atoms with Crippen LogP contribution in [0.25, 0.3) is 0 Å². The highest BCUT2D eigenvalue weighted by Crippen LogP contribution is 2.32. The summed E-state index contributed by atoms with van der Waals surface area (Å²) in [6, 6.07) is 4.23. The van der Waals surface area contributed by atoms with Gasteiger partial charge in [-0.15, -0.1) is 13.2 Å². The van der Waals surface area contributed by atoms with Crippen molar-refractivity contribution in [3.63, 3.8) is 0 Å². The molecule has 0 radical (unpaired) electrons. The smallest absolute Gasteiger partial charge is 0.405 e. The molecule has 1 aromatic rings. The number of benzene rings is 1. The van der Waals surface area contributed by atoms with E-state index in [1.165, 1.54) is 23.7 Å². The molecule has 0 bridgehead atoms. The summed E-state index contributed by atoms with van der Waals surface area (Å²) in [4.78, 5) is 0. The summed E-state index contributed by atoms with van der Waals surface area (Å²) in [7, 11) is 0. The maximum Gasteiger partial charge on any atom is 0.573 e. The summed E-state index contributed by atoms with van der Waals surface area (Å²) in [5.41, 5.74) is 3.00. The van der Waals surface area contributed by atoms with Crippen LogP contribution in [0.4, 0.5) is 18.9 Å². The van der Waals surface area contributed by atoms with E-state index < -0.39 is 6.36 Å². The van der Waals surface area contributed by atoms with E-state index in [1.807, 2.05) is 6.92 Å². The Labute approximate surface area is 116 Å². The number of halogens is 5. The van der Waals surface area contributed by atoms with Crippen LogP contribution in [0.3, 0.4) is 0 Å². The van der Waals surface area contributed by atoms with E-state index in [4.69, 9.17) is 11.6 Å². The fourth-order valence-corrected chi connectivity index (χ4v) is 1.64. The zero-order valence-electron chi connectivity index (χ0n) is 9.31. The molecular formula is C11H10BrClF3NO. The van der Waals surface area contributed by atoms with Crippen molar-refractivity contribution in [1.82, 2.24) is 0 Å². The third kappa shape index (κ3) is 5.18. The molecule has 0 saturated carbocycles. The van der Waals surface area contributed by atoms with Gasteiger partial charge in [0.05, 0.1) is 4.47 Å². The summed E-state index contributed by atoms with van der Waals surface area (Å²) in [6.45, 7) is 2.34. The van der Waals surface area contributed by atoms with Crippen LogP contribution < -0.4 is 10.1 Å². The highest BCUT2D eigenvalue weighted by molar-refractivity contribution is 9.10. The number of hydrogen-bond acceptors (Lipinski definition) is 2. The van der Waals surface area contributed by atoms with Gasteiger partial charge in [-0.25, -0.2) is 0 Å². The van der Waals surface area contributed by atoms with E-state index in [0.717, 1.165) is 5.57 Å². The monoisotopic (exact) mass is 343 g/mol. The maximum absolute atomic E-state index is 12.0. The molecule has 0 heterocycles. The first kappa shape index (κ1) is 15.2. The maximum atomic E-state index is 12.0. The first-order valence-corrected chi connectivity index (χ1v) is 6.10. The van der Waals surface area contributed by atoms with Gasteiger partial charge < -0.3 is 10.1 Å². The van der Waals surface area contributed by atoms with Crippen molar-refractivity contribution in [3.05, 3.63) is 33.8 Å². The number of ether oxygens (including phenoxy) is 1. The van der Waals surface area contributed by atoms with Gasteiger partial charge in [-0.1, -0.05) is 11.6 Å². The Kier molecular flexibility index (Phi) is 5.34. The van der Waals surface area contributed by atoms with Crippen molar-refractivity contribution < 1.29 is 17.9 Å². The van der Waals surface area contributed by atoms with Gasteiger partial charge in [-0.3, -0.25) is 0 Å². The predicted octanol–water partition coefficient (Wildman–Crippen LogP) is 4.90. The van der Waals surface area contributed by atoms with Crippen molar-refractivity contribution in [2.75, 3.05) is 11.9 Å². The van der Waals surface area contributed by atoms with Crippen LogP contribution in [0.5, 0.6) is 5.75 Å². The lowest BCUT2D eigenvalue weighted by atomic mass is 10.3. The molecule has 0 unspecified atom stereocenters. The van der Waals surface area contributed by atoms with Crippen LogP contribution >= 0.6 is 27.5 Å². The second kappa shape index (κ2) is 6.33. The molecule has 1 N–H and O–H groups in total. The Bertz CT molecular complexity index is 448. The molecule has 0 aromatic heterocycles. The van der Waals surface area contributed by atoms with Crippen LogP contribution in [0.1, 0.15) is 6.92 Å². The highest BCUT2D eigenvalue weighted by atomic mass is 79.9. The number of hydrogen-bond donors (Lipinski definition) is 1. The van der Waals surface area contributed by atoms with E-state index in [-0.39, 0.29) is 10.2 Å². The quantitative estimate of drug-likeness (QED) is 0.838. The van der Waals surface area contributed by atoms with Crippen molar-refractivity contribution in [2.24, 2.45) is 0 Å². The van der Waals surface area contributed by atoms with E-state index >= 15 is 0 Å². The zero-order valence-corrected chi connectivity index (χ0v) is 11.7. The van der Waals surface area contributed by atoms with Crippen LogP contribution in [0, 0.1) is 0 Å². The highest BCUT2D eigenvalue weighted by Gasteiger charge is 2.31. The summed E-state index contributed by atoms with van der Waals surface area (Å²) in [6.07, 6.45) is -4.70. The van der Waals surface area contributed by atoms with Crippen molar-refractivity contribution >= 4 is 33.2 Å². The Morgan fingerprint density at radius 2 is 2.17 bits per heavy atom. The minimum Gasteiger partial charge on any atom is -0.405 e. The van der Waals surface area contributed by atoms with Gasteiger partial charge in [0.1, 0.15) is 5.75 Å². The van der Waals surface area contributed by atoms with Crippen LogP contribution in [0.15, 0.2) is 33.8 Å². The van der Waals surface area contributed by atoms with Gasteiger partial charge in [0.15, 0.2) is 0 Å². The minimum atomic E-state index is -4.70. The van der Waals surface area contributed by atoms with Crippen LogP contribution in [0.2, 0.25) is 0 Å². The fourth-order valence-electron chi connectivity index (χ4n) is 1.10. The average molecular weight is 345 g/mol. The third-order valence-corrected chi connectivity index (χ3v) is 2.91. The molecule has 100 valence electrons. The van der Waals surface area contributed by atoms with Gasteiger partial charge >= 0.3 is 6.36 Å². The standard InChI is InChI=1S/C11H10BrClF3NO/c1-7(5-13)6-17-8-2-3-10(9(12)4-8)18-11(14,15)16/h2-5,17H,6H2,1H3/b7-5-. The third-order valence-electron chi connectivity index (χ3n) is 1.92. The Morgan fingerprint density at radius 1 is 1.50 bits per heavy atom. The number of rotatable bonds is 4. The van der Waals surface area contributed by atoms with Gasteiger partial charge in [0.25, 0.3) is 0 Å². The number of alkyl halides is 3. The van der Waals surface area contributed by atoms with E-state index in [2.05, 4.69) is 26.0 Å². The van der Waals surface area contributed by atoms with Crippen molar-refractivity contribution in [3.8, 4) is 5.75 Å².